The van der Waals surface area contributed by atoms with Crippen LogP contribution in [0.15, 0.2) is 18.2 Å². The van der Waals surface area contributed by atoms with Crippen molar-refractivity contribution in [2.45, 2.75) is 45.8 Å². The monoisotopic (exact) mass is 306 g/mol. The SMILES string of the molecule is CCc1cc(OC(C)C)ccc1C(O)CCN1CCNCC1. The summed E-state index contributed by atoms with van der Waals surface area (Å²) in [6.07, 6.45) is 1.48. The Hall–Kier alpha value is -1.10. The molecule has 0 bridgehead atoms. The van der Waals surface area contributed by atoms with Gasteiger partial charge in [0, 0.05) is 32.7 Å². The summed E-state index contributed by atoms with van der Waals surface area (Å²) in [4.78, 5) is 2.42. The third kappa shape index (κ3) is 4.97. The molecule has 124 valence electrons. The van der Waals surface area contributed by atoms with E-state index < -0.39 is 6.10 Å². The highest BCUT2D eigenvalue weighted by atomic mass is 16.5. The van der Waals surface area contributed by atoms with Crippen LogP contribution in [0.2, 0.25) is 0 Å². The minimum absolute atomic E-state index is 0.174. The largest absolute Gasteiger partial charge is 0.491 e. The summed E-state index contributed by atoms with van der Waals surface area (Å²) < 4.78 is 5.75. The van der Waals surface area contributed by atoms with E-state index in [1.165, 1.54) is 5.56 Å². The van der Waals surface area contributed by atoms with Gasteiger partial charge in [-0.3, -0.25) is 0 Å². The maximum atomic E-state index is 10.6. The third-order valence-corrected chi connectivity index (χ3v) is 4.15. The van der Waals surface area contributed by atoms with Gasteiger partial charge < -0.3 is 20.1 Å². The Morgan fingerprint density at radius 1 is 1.27 bits per heavy atom. The molecule has 1 heterocycles. The molecular formula is C18H30N2O2. The summed E-state index contributed by atoms with van der Waals surface area (Å²) in [5.41, 5.74) is 2.24. The van der Waals surface area contributed by atoms with Gasteiger partial charge in [0.2, 0.25) is 0 Å². The minimum Gasteiger partial charge on any atom is -0.491 e. The molecule has 1 aliphatic rings. The molecule has 4 heteroatoms. The fraction of sp³-hybridized carbons (Fsp3) is 0.667. The molecule has 0 radical (unpaired) electrons. The van der Waals surface area contributed by atoms with Gasteiger partial charge >= 0.3 is 0 Å². The fourth-order valence-corrected chi connectivity index (χ4v) is 2.95. The van der Waals surface area contributed by atoms with Gasteiger partial charge in [0.1, 0.15) is 5.75 Å². The molecule has 0 amide bonds. The highest BCUT2D eigenvalue weighted by Gasteiger charge is 2.16. The maximum Gasteiger partial charge on any atom is 0.119 e. The molecule has 1 aromatic rings. The lowest BCUT2D eigenvalue weighted by atomic mass is 9.98. The van der Waals surface area contributed by atoms with E-state index in [4.69, 9.17) is 4.74 Å². The number of nitrogens with one attached hydrogen (secondary N) is 1. The van der Waals surface area contributed by atoms with Crippen LogP contribution in [0.5, 0.6) is 5.75 Å². The van der Waals surface area contributed by atoms with Crippen molar-refractivity contribution < 1.29 is 9.84 Å². The van der Waals surface area contributed by atoms with E-state index >= 15 is 0 Å². The van der Waals surface area contributed by atoms with E-state index in [1.807, 2.05) is 26.0 Å². The Labute approximate surface area is 134 Å². The minimum atomic E-state index is -0.391. The molecule has 4 nitrogen and oxygen atoms in total. The number of ether oxygens (including phenoxy) is 1. The number of aliphatic hydroxyl groups is 1. The molecule has 0 aromatic heterocycles. The summed E-state index contributed by atoms with van der Waals surface area (Å²) in [5, 5.41) is 13.9. The van der Waals surface area contributed by atoms with Crippen LogP contribution in [0.1, 0.15) is 44.4 Å². The number of piperazine rings is 1. The Bertz CT molecular complexity index is 456. The van der Waals surface area contributed by atoms with Gasteiger partial charge in [-0.2, -0.15) is 0 Å². The van der Waals surface area contributed by atoms with Gasteiger partial charge in [0.15, 0.2) is 0 Å². The smallest absolute Gasteiger partial charge is 0.119 e. The number of aliphatic hydroxyl groups excluding tert-OH is 1. The van der Waals surface area contributed by atoms with Crippen molar-refractivity contribution >= 4 is 0 Å². The van der Waals surface area contributed by atoms with Crippen molar-refractivity contribution in [1.82, 2.24) is 10.2 Å². The average Bonchev–Trinajstić information content (AvgIpc) is 2.53. The topological polar surface area (TPSA) is 44.7 Å². The van der Waals surface area contributed by atoms with E-state index in [1.54, 1.807) is 0 Å². The summed E-state index contributed by atoms with van der Waals surface area (Å²) in [5.74, 6) is 0.893. The summed E-state index contributed by atoms with van der Waals surface area (Å²) in [7, 11) is 0. The molecule has 1 aromatic carbocycles. The molecular weight excluding hydrogens is 276 g/mol. The molecule has 1 aliphatic heterocycles. The number of benzene rings is 1. The molecule has 2 rings (SSSR count). The Kier molecular flexibility index (Phi) is 6.68. The fourth-order valence-electron chi connectivity index (χ4n) is 2.95. The molecule has 0 spiro atoms. The average molecular weight is 306 g/mol. The summed E-state index contributed by atoms with van der Waals surface area (Å²) in [6.45, 7) is 11.4. The zero-order chi connectivity index (χ0) is 15.9. The predicted molar refractivity (Wildman–Crippen MR) is 90.5 cm³/mol. The van der Waals surface area contributed by atoms with Crippen molar-refractivity contribution in [3.8, 4) is 5.75 Å². The lowest BCUT2D eigenvalue weighted by Gasteiger charge is -2.28. The van der Waals surface area contributed by atoms with Crippen LogP contribution in [-0.2, 0) is 6.42 Å². The van der Waals surface area contributed by atoms with Gasteiger partial charge in [-0.1, -0.05) is 13.0 Å². The second kappa shape index (κ2) is 8.51. The second-order valence-corrected chi connectivity index (χ2v) is 6.28. The van der Waals surface area contributed by atoms with Crippen molar-refractivity contribution in [2.24, 2.45) is 0 Å². The molecule has 2 N–H and O–H groups in total. The first-order valence-corrected chi connectivity index (χ1v) is 8.50. The summed E-state index contributed by atoms with van der Waals surface area (Å²) >= 11 is 0. The quantitative estimate of drug-likeness (QED) is 0.812. The number of rotatable bonds is 7. The first kappa shape index (κ1) is 17.3. The maximum absolute atomic E-state index is 10.6. The lowest BCUT2D eigenvalue weighted by molar-refractivity contribution is 0.136. The van der Waals surface area contributed by atoms with Crippen molar-refractivity contribution in [3.05, 3.63) is 29.3 Å². The summed E-state index contributed by atoms with van der Waals surface area (Å²) in [6, 6.07) is 6.07. The molecule has 0 saturated carbocycles. The van der Waals surface area contributed by atoms with E-state index in [-0.39, 0.29) is 6.10 Å². The van der Waals surface area contributed by atoms with Crippen LogP contribution in [0.25, 0.3) is 0 Å². The van der Waals surface area contributed by atoms with Crippen molar-refractivity contribution in [3.63, 3.8) is 0 Å². The molecule has 1 unspecified atom stereocenters. The van der Waals surface area contributed by atoms with E-state index in [0.717, 1.165) is 56.9 Å². The van der Waals surface area contributed by atoms with Crippen LogP contribution >= 0.6 is 0 Å². The number of hydrogen-bond donors (Lipinski definition) is 2. The zero-order valence-electron chi connectivity index (χ0n) is 14.1. The Balaban J connectivity index is 1.96. The molecule has 1 saturated heterocycles. The Morgan fingerprint density at radius 3 is 2.64 bits per heavy atom. The number of aryl methyl sites for hydroxylation is 1. The van der Waals surface area contributed by atoms with Crippen LogP contribution in [0, 0.1) is 0 Å². The van der Waals surface area contributed by atoms with Crippen LogP contribution < -0.4 is 10.1 Å². The van der Waals surface area contributed by atoms with Gasteiger partial charge in [-0.15, -0.1) is 0 Å². The van der Waals surface area contributed by atoms with E-state index in [9.17, 15) is 5.11 Å². The first-order valence-electron chi connectivity index (χ1n) is 8.50. The highest BCUT2D eigenvalue weighted by molar-refractivity contribution is 5.37. The zero-order valence-corrected chi connectivity index (χ0v) is 14.1. The molecule has 0 aliphatic carbocycles. The van der Waals surface area contributed by atoms with E-state index in [2.05, 4.69) is 23.2 Å². The van der Waals surface area contributed by atoms with Gasteiger partial charge in [-0.05, 0) is 49.9 Å². The van der Waals surface area contributed by atoms with Crippen molar-refractivity contribution in [2.75, 3.05) is 32.7 Å². The van der Waals surface area contributed by atoms with Crippen LogP contribution in [0.3, 0.4) is 0 Å². The Morgan fingerprint density at radius 2 is 2.00 bits per heavy atom. The first-order chi connectivity index (χ1) is 10.6. The second-order valence-electron chi connectivity index (χ2n) is 6.28. The van der Waals surface area contributed by atoms with Gasteiger partial charge in [0.25, 0.3) is 0 Å². The highest BCUT2D eigenvalue weighted by Crippen LogP contribution is 2.26. The number of nitrogens with zero attached hydrogens (tertiary/aromatic N) is 1. The number of hydrogen-bond acceptors (Lipinski definition) is 4. The van der Waals surface area contributed by atoms with Crippen LogP contribution in [-0.4, -0.2) is 48.8 Å². The van der Waals surface area contributed by atoms with Gasteiger partial charge in [-0.25, -0.2) is 0 Å². The van der Waals surface area contributed by atoms with E-state index in [0.29, 0.717) is 0 Å². The van der Waals surface area contributed by atoms with Crippen molar-refractivity contribution in [1.29, 1.82) is 0 Å². The standard InChI is InChI=1S/C18H30N2O2/c1-4-15-13-16(22-14(2)3)5-6-17(15)18(21)7-10-20-11-8-19-9-12-20/h5-6,13-14,18-19,21H,4,7-12H2,1-3H3. The molecule has 1 atom stereocenters. The predicted octanol–water partition coefficient (Wildman–Crippen LogP) is 2.36. The van der Waals surface area contributed by atoms with Gasteiger partial charge in [0.05, 0.1) is 12.2 Å². The van der Waals surface area contributed by atoms with Crippen LogP contribution in [0.4, 0.5) is 0 Å². The lowest BCUT2D eigenvalue weighted by Crippen LogP contribution is -2.44. The third-order valence-electron chi connectivity index (χ3n) is 4.15. The molecule has 1 fully saturated rings. The molecule has 22 heavy (non-hydrogen) atoms. The normalized spacial score (nSPS) is 17.7.